The molecule has 1 aromatic heterocycles. The highest BCUT2D eigenvalue weighted by Crippen LogP contribution is 2.07. The quantitative estimate of drug-likeness (QED) is 0.694. The Labute approximate surface area is 143 Å². The number of nitrogens with zero attached hydrogens (tertiary/aromatic N) is 3. The molecule has 130 valence electrons. The first kappa shape index (κ1) is 18.0. The lowest BCUT2D eigenvalue weighted by atomic mass is 10.1. The van der Waals surface area contributed by atoms with Crippen LogP contribution in [0.2, 0.25) is 0 Å². The lowest BCUT2D eigenvalue weighted by Gasteiger charge is -2.14. The topological polar surface area (TPSA) is 71.8 Å². The van der Waals surface area contributed by atoms with Crippen LogP contribution in [0.3, 0.4) is 0 Å². The van der Waals surface area contributed by atoms with Gasteiger partial charge in [-0.15, -0.1) is 0 Å². The van der Waals surface area contributed by atoms with Crippen molar-refractivity contribution in [2.24, 2.45) is 0 Å². The van der Waals surface area contributed by atoms with Gasteiger partial charge in [0.2, 0.25) is 0 Å². The standard InChI is InChI=1S/C18H27N5O/c1-3-4-5-7-15(2)22-18(24)20-11-16-8-6-9-17(10-16)12-23-14-19-13-21-23/h6,8-10,13-15H,3-5,7,11-12H2,1-2H3,(H2,20,22,24). The van der Waals surface area contributed by atoms with Gasteiger partial charge in [0, 0.05) is 12.6 Å². The highest BCUT2D eigenvalue weighted by molar-refractivity contribution is 5.74. The summed E-state index contributed by atoms with van der Waals surface area (Å²) < 4.78 is 1.78. The summed E-state index contributed by atoms with van der Waals surface area (Å²) in [5, 5.41) is 10.0. The van der Waals surface area contributed by atoms with Crippen molar-refractivity contribution in [2.75, 3.05) is 0 Å². The van der Waals surface area contributed by atoms with Gasteiger partial charge in [0.05, 0.1) is 6.54 Å². The van der Waals surface area contributed by atoms with E-state index in [4.69, 9.17) is 0 Å². The van der Waals surface area contributed by atoms with Crippen molar-refractivity contribution >= 4 is 6.03 Å². The van der Waals surface area contributed by atoms with Crippen molar-refractivity contribution < 1.29 is 4.79 Å². The van der Waals surface area contributed by atoms with Crippen LogP contribution in [-0.4, -0.2) is 26.8 Å². The summed E-state index contributed by atoms with van der Waals surface area (Å²) in [6, 6.07) is 8.22. The van der Waals surface area contributed by atoms with E-state index in [0.717, 1.165) is 24.0 Å². The minimum absolute atomic E-state index is 0.110. The Hall–Kier alpha value is -2.37. The second-order valence-corrected chi connectivity index (χ2v) is 6.14. The van der Waals surface area contributed by atoms with Gasteiger partial charge in [-0.05, 0) is 24.5 Å². The minimum atomic E-state index is -0.110. The summed E-state index contributed by atoms with van der Waals surface area (Å²) in [4.78, 5) is 15.9. The first-order valence-electron chi connectivity index (χ1n) is 8.62. The molecule has 2 rings (SSSR count). The number of hydrogen-bond donors (Lipinski definition) is 2. The van der Waals surface area contributed by atoms with Crippen LogP contribution in [0.5, 0.6) is 0 Å². The van der Waals surface area contributed by atoms with Gasteiger partial charge in [-0.2, -0.15) is 5.10 Å². The SMILES string of the molecule is CCCCCC(C)NC(=O)NCc1cccc(Cn2cncn2)c1. The summed E-state index contributed by atoms with van der Waals surface area (Å²) in [5.41, 5.74) is 2.20. The molecule has 0 saturated heterocycles. The van der Waals surface area contributed by atoms with Gasteiger partial charge < -0.3 is 10.6 Å². The predicted octanol–water partition coefficient (Wildman–Crippen LogP) is 3.09. The molecule has 6 nitrogen and oxygen atoms in total. The fourth-order valence-corrected chi connectivity index (χ4v) is 2.57. The predicted molar refractivity (Wildman–Crippen MR) is 94.5 cm³/mol. The van der Waals surface area contributed by atoms with E-state index < -0.39 is 0 Å². The average molecular weight is 329 g/mol. The van der Waals surface area contributed by atoms with Gasteiger partial charge in [0.1, 0.15) is 12.7 Å². The zero-order valence-corrected chi connectivity index (χ0v) is 14.5. The molecule has 1 atom stereocenters. The zero-order valence-electron chi connectivity index (χ0n) is 14.5. The van der Waals surface area contributed by atoms with E-state index in [2.05, 4.69) is 33.7 Å². The third kappa shape index (κ3) is 6.40. The Bertz CT molecular complexity index is 612. The fourth-order valence-electron chi connectivity index (χ4n) is 2.57. The maximum Gasteiger partial charge on any atom is 0.315 e. The molecule has 0 bridgehead atoms. The Morgan fingerprint density at radius 2 is 2.12 bits per heavy atom. The highest BCUT2D eigenvalue weighted by Gasteiger charge is 2.06. The third-order valence-corrected chi connectivity index (χ3v) is 3.87. The smallest absolute Gasteiger partial charge is 0.315 e. The molecule has 6 heteroatoms. The monoisotopic (exact) mass is 329 g/mol. The molecule has 2 amide bonds. The van der Waals surface area contributed by atoms with Crippen LogP contribution in [0.25, 0.3) is 0 Å². The van der Waals surface area contributed by atoms with Crippen molar-refractivity contribution in [3.8, 4) is 0 Å². The van der Waals surface area contributed by atoms with E-state index in [-0.39, 0.29) is 12.1 Å². The highest BCUT2D eigenvalue weighted by atomic mass is 16.2. The summed E-state index contributed by atoms with van der Waals surface area (Å²) in [6.07, 6.45) is 7.81. The number of carbonyl (C=O) groups is 1. The molecule has 24 heavy (non-hydrogen) atoms. The van der Waals surface area contributed by atoms with Gasteiger partial charge in [0.15, 0.2) is 0 Å². The Morgan fingerprint density at radius 1 is 1.29 bits per heavy atom. The molecule has 1 aromatic carbocycles. The summed E-state index contributed by atoms with van der Waals surface area (Å²) in [7, 11) is 0. The number of unbranched alkanes of at least 4 members (excludes halogenated alkanes) is 2. The van der Waals surface area contributed by atoms with Crippen LogP contribution in [0.1, 0.15) is 50.7 Å². The zero-order chi connectivity index (χ0) is 17.2. The van der Waals surface area contributed by atoms with E-state index in [1.54, 1.807) is 11.0 Å². The second kappa shape index (κ2) is 9.70. The van der Waals surface area contributed by atoms with Gasteiger partial charge in [0.25, 0.3) is 0 Å². The molecule has 0 radical (unpaired) electrons. The molecule has 0 saturated carbocycles. The van der Waals surface area contributed by atoms with Crippen molar-refractivity contribution in [1.82, 2.24) is 25.4 Å². The van der Waals surface area contributed by atoms with Crippen molar-refractivity contribution in [3.63, 3.8) is 0 Å². The maximum atomic E-state index is 12.0. The normalized spacial score (nSPS) is 11.9. The molecule has 2 N–H and O–H groups in total. The number of carbonyl (C=O) groups excluding carboxylic acids is 1. The Balaban J connectivity index is 1.76. The van der Waals surface area contributed by atoms with Crippen molar-refractivity contribution in [3.05, 3.63) is 48.0 Å². The molecule has 0 spiro atoms. The molecule has 0 aliphatic rings. The molecular weight excluding hydrogens is 302 g/mol. The lowest BCUT2D eigenvalue weighted by Crippen LogP contribution is -2.40. The molecular formula is C18H27N5O. The van der Waals surface area contributed by atoms with Crippen molar-refractivity contribution in [2.45, 2.75) is 58.7 Å². The van der Waals surface area contributed by atoms with Gasteiger partial charge in [-0.25, -0.2) is 14.5 Å². The van der Waals surface area contributed by atoms with E-state index >= 15 is 0 Å². The maximum absolute atomic E-state index is 12.0. The summed E-state index contributed by atoms with van der Waals surface area (Å²) in [6.45, 7) is 5.42. The number of rotatable bonds is 9. The van der Waals surface area contributed by atoms with E-state index in [0.29, 0.717) is 13.1 Å². The van der Waals surface area contributed by atoms with Crippen LogP contribution in [0, 0.1) is 0 Å². The molecule has 2 aromatic rings. The average Bonchev–Trinajstić information content (AvgIpc) is 3.06. The molecule has 0 fully saturated rings. The van der Waals surface area contributed by atoms with Crippen LogP contribution in [0.15, 0.2) is 36.9 Å². The molecule has 1 unspecified atom stereocenters. The van der Waals surface area contributed by atoms with Crippen LogP contribution in [0.4, 0.5) is 4.79 Å². The van der Waals surface area contributed by atoms with E-state index in [1.807, 2.05) is 25.1 Å². The number of nitrogens with one attached hydrogen (secondary N) is 2. The summed E-state index contributed by atoms with van der Waals surface area (Å²) in [5.74, 6) is 0. The first-order valence-corrected chi connectivity index (χ1v) is 8.62. The van der Waals surface area contributed by atoms with Gasteiger partial charge in [-0.1, -0.05) is 50.5 Å². The number of amides is 2. The van der Waals surface area contributed by atoms with Crippen LogP contribution >= 0.6 is 0 Å². The minimum Gasteiger partial charge on any atom is -0.336 e. The number of hydrogen-bond acceptors (Lipinski definition) is 3. The van der Waals surface area contributed by atoms with E-state index in [1.165, 1.54) is 19.2 Å². The number of urea groups is 1. The van der Waals surface area contributed by atoms with Gasteiger partial charge >= 0.3 is 6.03 Å². The lowest BCUT2D eigenvalue weighted by molar-refractivity contribution is 0.236. The Kier molecular flexibility index (Phi) is 7.26. The van der Waals surface area contributed by atoms with Crippen molar-refractivity contribution in [1.29, 1.82) is 0 Å². The molecule has 1 heterocycles. The van der Waals surface area contributed by atoms with Crippen LogP contribution in [-0.2, 0) is 13.1 Å². The summed E-state index contributed by atoms with van der Waals surface area (Å²) >= 11 is 0. The fraction of sp³-hybridized carbons (Fsp3) is 0.500. The van der Waals surface area contributed by atoms with Gasteiger partial charge in [-0.3, -0.25) is 0 Å². The molecule has 0 aliphatic carbocycles. The largest absolute Gasteiger partial charge is 0.336 e. The Morgan fingerprint density at radius 3 is 2.88 bits per heavy atom. The number of benzene rings is 1. The second-order valence-electron chi connectivity index (χ2n) is 6.14. The van der Waals surface area contributed by atoms with Crippen LogP contribution < -0.4 is 10.6 Å². The molecule has 0 aliphatic heterocycles. The first-order chi connectivity index (χ1) is 11.7. The van der Waals surface area contributed by atoms with E-state index in [9.17, 15) is 4.79 Å². The third-order valence-electron chi connectivity index (χ3n) is 3.87. The number of aromatic nitrogens is 3.